The van der Waals surface area contributed by atoms with Crippen LogP contribution in [0.1, 0.15) is 53.2 Å². The van der Waals surface area contributed by atoms with Gasteiger partial charge in [0.25, 0.3) is 5.91 Å². The van der Waals surface area contributed by atoms with Crippen LogP contribution in [0.25, 0.3) is 10.8 Å². The zero-order chi connectivity index (χ0) is 23.3. The van der Waals surface area contributed by atoms with Crippen molar-refractivity contribution in [2.45, 2.75) is 37.9 Å². The number of nitrogens with zero attached hydrogens (tertiary/aromatic N) is 3. The highest BCUT2D eigenvalue weighted by atomic mass is 19.4. The Morgan fingerprint density at radius 1 is 1.21 bits per heavy atom. The zero-order valence-corrected chi connectivity index (χ0v) is 17.7. The predicted molar refractivity (Wildman–Crippen MR) is 114 cm³/mol. The third-order valence-electron chi connectivity index (χ3n) is 6.40. The van der Waals surface area contributed by atoms with Gasteiger partial charge < -0.3 is 10.2 Å². The number of carbonyl (C=O) groups excluding carboxylic acids is 2. The fourth-order valence-electron chi connectivity index (χ4n) is 4.61. The van der Waals surface area contributed by atoms with E-state index >= 15 is 0 Å². The first-order chi connectivity index (χ1) is 15.7. The first kappa shape index (κ1) is 21.4. The number of halogens is 3. The SMILES string of the molecule is CC(c1cnn(C2CCN(OC(=O)C(F)(F)F)CC2)c1)c1ccc2c3c(cccc13)C(=O)N2. The van der Waals surface area contributed by atoms with Gasteiger partial charge in [0.2, 0.25) is 0 Å². The number of nitrogens with one attached hydrogen (secondary N) is 1. The standard InChI is InChI=1S/C23H21F3N4O3/c1-13(16-5-6-19-20-17(16)3-2-4-18(20)21(31)28-19)14-11-27-30(12-14)15-7-9-29(10-8-15)33-22(32)23(24,25)26/h2-6,11-13,15H,7-10H2,1H3,(H,28,31). The summed E-state index contributed by atoms with van der Waals surface area (Å²) >= 11 is 0. The van der Waals surface area contributed by atoms with Crippen LogP contribution in [0.3, 0.4) is 0 Å². The molecule has 3 aromatic rings. The molecule has 5 rings (SSSR count). The van der Waals surface area contributed by atoms with Gasteiger partial charge in [-0.25, -0.2) is 4.79 Å². The van der Waals surface area contributed by atoms with Crippen LogP contribution in [-0.4, -0.2) is 46.0 Å². The van der Waals surface area contributed by atoms with E-state index in [1.54, 1.807) is 6.20 Å². The summed E-state index contributed by atoms with van der Waals surface area (Å²) in [5, 5.41) is 10.4. The maximum absolute atomic E-state index is 12.4. The molecular formula is C23H21F3N4O3. The van der Waals surface area contributed by atoms with Crippen molar-refractivity contribution >= 4 is 28.3 Å². The van der Waals surface area contributed by atoms with Gasteiger partial charge in [-0.3, -0.25) is 9.48 Å². The molecule has 1 amide bonds. The molecule has 0 saturated carbocycles. The molecule has 0 spiro atoms. The van der Waals surface area contributed by atoms with Crippen molar-refractivity contribution in [1.82, 2.24) is 14.8 Å². The lowest BCUT2D eigenvalue weighted by atomic mass is 9.90. The Kier molecular flexibility index (Phi) is 5.12. The summed E-state index contributed by atoms with van der Waals surface area (Å²) < 4.78 is 39.0. The maximum Gasteiger partial charge on any atom is 0.492 e. The molecule has 1 N–H and O–H groups in total. The molecule has 2 aromatic carbocycles. The Balaban J connectivity index is 1.31. The van der Waals surface area contributed by atoms with E-state index in [9.17, 15) is 22.8 Å². The van der Waals surface area contributed by atoms with Gasteiger partial charge in [0.15, 0.2) is 0 Å². The van der Waals surface area contributed by atoms with Crippen molar-refractivity contribution in [2.24, 2.45) is 0 Å². The minimum Gasteiger partial charge on any atom is -0.361 e. The normalized spacial score (nSPS) is 17.9. The van der Waals surface area contributed by atoms with Crippen molar-refractivity contribution in [3.63, 3.8) is 0 Å². The lowest BCUT2D eigenvalue weighted by molar-refractivity contribution is -0.242. The van der Waals surface area contributed by atoms with E-state index in [2.05, 4.69) is 22.2 Å². The van der Waals surface area contributed by atoms with Crippen LogP contribution >= 0.6 is 0 Å². The van der Waals surface area contributed by atoms with Crippen LogP contribution in [0.15, 0.2) is 42.7 Å². The molecule has 0 radical (unpaired) electrons. The van der Waals surface area contributed by atoms with Gasteiger partial charge in [-0.05, 0) is 41.5 Å². The fourth-order valence-corrected chi connectivity index (χ4v) is 4.61. The second-order valence-electron chi connectivity index (χ2n) is 8.40. The van der Waals surface area contributed by atoms with E-state index in [-0.39, 0.29) is 31.0 Å². The molecule has 0 bridgehead atoms. The number of piperidine rings is 1. The van der Waals surface area contributed by atoms with Gasteiger partial charge in [0.1, 0.15) is 0 Å². The zero-order valence-electron chi connectivity index (χ0n) is 17.7. The number of anilines is 1. The van der Waals surface area contributed by atoms with E-state index < -0.39 is 12.1 Å². The van der Waals surface area contributed by atoms with Crippen LogP contribution in [0, 0.1) is 0 Å². The molecule has 0 aliphatic carbocycles. The Labute approximate surface area is 187 Å². The minimum absolute atomic E-state index is 0.00131. The lowest BCUT2D eigenvalue weighted by Crippen LogP contribution is -2.40. The fraction of sp³-hybridized carbons (Fsp3) is 0.348. The van der Waals surface area contributed by atoms with E-state index in [0.29, 0.717) is 18.4 Å². The van der Waals surface area contributed by atoms with Gasteiger partial charge >= 0.3 is 12.1 Å². The Morgan fingerprint density at radius 2 is 1.97 bits per heavy atom. The van der Waals surface area contributed by atoms with E-state index in [4.69, 9.17) is 0 Å². The van der Waals surface area contributed by atoms with Crippen LogP contribution < -0.4 is 5.32 Å². The Bertz CT molecular complexity index is 1250. The summed E-state index contributed by atoms with van der Waals surface area (Å²) in [6.45, 7) is 2.48. The van der Waals surface area contributed by atoms with Crippen LogP contribution in [0.4, 0.5) is 18.9 Å². The molecule has 172 valence electrons. The average molecular weight is 458 g/mol. The monoisotopic (exact) mass is 458 g/mol. The number of hydrogen-bond donors (Lipinski definition) is 1. The number of hydrogen-bond acceptors (Lipinski definition) is 5. The number of amides is 1. The lowest BCUT2D eigenvalue weighted by Gasteiger charge is -2.30. The van der Waals surface area contributed by atoms with Gasteiger partial charge in [-0.15, -0.1) is 5.06 Å². The number of hydroxylamine groups is 2. The molecule has 1 aromatic heterocycles. The average Bonchev–Trinajstić information content (AvgIpc) is 3.40. The summed E-state index contributed by atoms with van der Waals surface area (Å²) in [5.74, 6) is -2.27. The highest BCUT2D eigenvalue weighted by Crippen LogP contribution is 2.39. The highest BCUT2D eigenvalue weighted by Gasteiger charge is 2.43. The van der Waals surface area contributed by atoms with E-state index in [1.165, 1.54) is 0 Å². The molecule has 7 nitrogen and oxygen atoms in total. The first-order valence-electron chi connectivity index (χ1n) is 10.7. The smallest absolute Gasteiger partial charge is 0.361 e. The van der Waals surface area contributed by atoms with Crippen molar-refractivity contribution in [3.05, 3.63) is 59.4 Å². The van der Waals surface area contributed by atoms with Gasteiger partial charge in [0.05, 0.1) is 12.2 Å². The number of benzene rings is 2. The van der Waals surface area contributed by atoms with Crippen molar-refractivity contribution in [1.29, 1.82) is 0 Å². The molecule has 33 heavy (non-hydrogen) atoms. The number of alkyl halides is 3. The number of aromatic nitrogens is 2. The van der Waals surface area contributed by atoms with Crippen LogP contribution in [-0.2, 0) is 9.63 Å². The molecule has 2 aliphatic heterocycles. The Morgan fingerprint density at radius 3 is 2.70 bits per heavy atom. The topological polar surface area (TPSA) is 76.5 Å². The van der Waals surface area contributed by atoms with Crippen molar-refractivity contribution in [2.75, 3.05) is 18.4 Å². The summed E-state index contributed by atoms with van der Waals surface area (Å²) in [6.07, 6.45) is -0.229. The summed E-state index contributed by atoms with van der Waals surface area (Å²) in [6, 6.07) is 9.65. The Hall–Kier alpha value is -3.40. The molecule has 10 heteroatoms. The van der Waals surface area contributed by atoms with Crippen LogP contribution in [0.5, 0.6) is 0 Å². The number of carbonyl (C=O) groups is 2. The molecule has 1 atom stereocenters. The third kappa shape index (κ3) is 3.84. The summed E-state index contributed by atoms with van der Waals surface area (Å²) in [7, 11) is 0. The first-order valence-corrected chi connectivity index (χ1v) is 10.7. The van der Waals surface area contributed by atoms with E-state index in [1.807, 2.05) is 41.2 Å². The van der Waals surface area contributed by atoms with E-state index in [0.717, 1.165) is 32.6 Å². The highest BCUT2D eigenvalue weighted by molar-refractivity contribution is 6.24. The summed E-state index contributed by atoms with van der Waals surface area (Å²) in [5.41, 5.74) is 3.57. The van der Waals surface area contributed by atoms with Crippen molar-refractivity contribution in [3.8, 4) is 0 Å². The van der Waals surface area contributed by atoms with Gasteiger partial charge in [-0.1, -0.05) is 25.1 Å². The predicted octanol–water partition coefficient (Wildman–Crippen LogP) is 4.41. The minimum atomic E-state index is -5.00. The molecular weight excluding hydrogens is 437 g/mol. The maximum atomic E-state index is 12.4. The second-order valence-corrected chi connectivity index (χ2v) is 8.40. The van der Waals surface area contributed by atoms with Gasteiger partial charge in [-0.2, -0.15) is 18.3 Å². The molecule has 1 saturated heterocycles. The molecule has 3 heterocycles. The van der Waals surface area contributed by atoms with Gasteiger partial charge in [0, 0.05) is 41.8 Å². The molecule has 1 fully saturated rings. The molecule has 1 unspecified atom stereocenters. The third-order valence-corrected chi connectivity index (χ3v) is 6.40. The quantitative estimate of drug-likeness (QED) is 0.627. The largest absolute Gasteiger partial charge is 0.492 e. The molecule has 2 aliphatic rings. The second kappa shape index (κ2) is 7.87. The van der Waals surface area contributed by atoms with Crippen LogP contribution in [0.2, 0.25) is 0 Å². The summed E-state index contributed by atoms with van der Waals surface area (Å²) in [4.78, 5) is 27.6. The number of rotatable bonds is 4. The van der Waals surface area contributed by atoms with Crippen molar-refractivity contribution < 1.29 is 27.6 Å².